The number of rotatable bonds is 2. The first-order valence-electron chi connectivity index (χ1n) is 4.69. The standard InChI is InChI=1S/C10H15NO2/c1-9-6-11(3-5-13-9)7-10-2-4-12-8-10/h2,4,8-9H,3,5-7H2,1H3. The first-order valence-corrected chi connectivity index (χ1v) is 4.69. The lowest BCUT2D eigenvalue weighted by molar-refractivity contribution is -0.0212. The highest BCUT2D eigenvalue weighted by molar-refractivity contribution is 5.05. The third-order valence-corrected chi connectivity index (χ3v) is 2.31. The van der Waals surface area contributed by atoms with Crippen LogP contribution >= 0.6 is 0 Å². The van der Waals surface area contributed by atoms with E-state index in [4.69, 9.17) is 9.15 Å². The van der Waals surface area contributed by atoms with E-state index in [9.17, 15) is 0 Å². The molecule has 0 bridgehead atoms. The predicted octanol–water partition coefficient (Wildman–Crippen LogP) is 1.50. The minimum absolute atomic E-state index is 0.362. The van der Waals surface area contributed by atoms with Crippen molar-refractivity contribution < 1.29 is 9.15 Å². The smallest absolute Gasteiger partial charge is 0.0947 e. The molecule has 1 aromatic rings. The van der Waals surface area contributed by atoms with Gasteiger partial charge >= 0.3 is 0 Å². The molecule has 3 nitrogen and oxygen atoms in total. The fraction of sp³-hybridized carbons (Fsp3) is 0.600. The van der Waals surface area contributed by atoms with Crippen molar-refractivity contribution in [3.05, 3.63) is 24.2 Å². The maximum atomic E-state index is 5.46. The summed E-state index contributed by atoms with van der Waals surface area (Å²) in [6.07, 6.45) is 3.89. The Kier molecular flexibility index (Phi) is 2.66. The quantitative estimate of drug-likeness (QED) is 0.691. The van der Waals surface area contributed by atoms with Crippen molar-refractivity contribution in [2.75, 3.05) is 19.7 Å². The molecular formula is C10H15NO2. The Morgan fingerprint density at radius 3 is 3.23 bits per heavy atom. The lowest BCUT2D eigenvalue weighted by atomic mass is 10.2. The summed E-state index contributed by atoms with van der Waals surface area (Å²) in [6.45, 7) is 5.98. The molecule has 0 spiro atoms. The Morgan fingerprint density at radius 2 is 2.54 bits per heavy atom. The van der Waals surface area contributed by atoms with Crippen molar-refractivity contribution in [1.29, 1.82) is 0 Å². The average Bonchev–Trinajstić information content (AvgIpc) is 2.57. The zero-order chi connectivity index (χ0) is 9.10. The Balaban J connectivity index is 1.87. The van der Waals surface area contributed by atoms with Crippen LogP contribution < -0.4 is 0 Å². The molecule has 0 aromatic carbocycles. The van der Waals surface area contributed by atoms with Gasteiger partial charge in [-0.15, -0.1) is 0 Å². The molecule has 0 saturated carbocycles. The highest BCUT2D eigenvalue weighted by Gasteiger charge is 2.16. The SMILES string of the molecule is CC1CN(Cc2ccoc2)CCO1. The summed E-state index contributed by atoms with van der Waals surface area (Å²) in [5.74, 6) is 0. The van der Waals surface area contributed by atoms with Crippen LogP contribution in [-0.2, 0) is 11.3 Å². The molecule has 1 aliphatic heterocycles. The molecule has 0 aliphatic carbocycles. The van der Waals surface area contributed by atoms with Crippen molar-refractivity contribution in [2.24, 2.45) is 0 Å². The number of hydrogen-bond acceptors (Lipinski definition) is 3. The Labute approximate surface area is 78.3 Å². The van der Waals surface area contributed by atoms with E-state index in [0.29, 0.717) is 6.10 Å². The van der Waals surface area contributed by atoms with E-state index in [-0.39, 0.29) is 0 Å². The molecule has 1 aliphatic rings. The van der Waals surface area contributed by atoms with E-state index in [0.717, 1.165) is 26.2 Å². The van der Waals surface area contributed by atoms with Crippen LogP contribution in [0.15, 0.2) is 23.0 Å². The van der Waals surface area contributed by atoms with Crippen LogP contribution in [0.4, 0.5) is 0 Å². The summed E-state index contributed by atoms with van der Waals surface area (Å²) in [5, 5.41) is 0. The summed E-state index contributed by atoms with van der Waals surface area (Å²) in [4.78, 5) is 2.39. The van der Waals surface area contributed by atoms with E-state index in [1.54, 1.807) is 12.5 Å². The summed E-state index contributed by atoms with van der Waals surface area (Å²) < 4.78 is 10.5. The second-order valence-corrected chi connectivity index (χ2v) is 3.55. The lowest BCUT2D eigenvalue weighted by Gasteiger charge is -2.30. The second kappa shape index (κ2) is 3.94. The van der Waals surface area contributed by atoms with Gasteiger partial charge in [0.1, 0.15) is 0 Å². The number of hydrogen-bond donors (Lipinski definition) is 0. The van der Waals surface area contributed by atoms with Gasteiger partial charge in [-0.05, 0) is 13.0 Å². The van der Waals surface area contributed by atoms with Gasteiger partial charge in [-0.2, -0.15) is 0 Å². The number of nitrogens with zero attached hydrogens (tertiary/aromatic N) is 1. The van der Waals surface area contributed by atoms with Crippen LogP contribution in [0, 0.1) is 0 Å². The summed E-state index contributed by atoms with van der Waals surface area (Å²) in [6, 6.07) is 2.01. The van der Waals surface area contributed by atoms with Crippen molar-refractivity contribution in [3.8, 4) is 0 Å². The summed E-state index contributed by atoms with van der Waals surface area (Å²) >= 11 is 0. The van der Waals surface area contributed by atoms with Crippen LogP contribution in [0.25, 0.3) is 0 Å². The molecule has 0 radical (unpaired) electrons. The summed E-state index contributed by atoms with van der Waals surface area (Å²) in [5.41, 5.74) is 1.24. The van der Waals surface area contributed by atoms with E-state index in [1.807, 2.05) is 6.07 Å². The predicted molar refractivity (Wildman–Crippen MR) is 49.4 cm³/mol. The normalized spacial score (nSPS) is 24.8. The van der Waals surface area contributed by atoms with Crippen LogP contribution in [0.1, 0.15) is 12.5 Å². The fourth-order valence-electron chi connectivity index (χ4n) is 1.68. The van der Waals surface area contributed by atoms with Gasteiger partial charge in [0.05, 0.1) is 25.2 Å². The van der Waals surface area contributed by atoms with Gasteiger partial charge in [-0.3, -0.25) is 4.90 Å². The van der Waals surface area contributed by atoms with Gasteiger partial charge in [0.2, 0.25) is 0 Å². The molecule has 2 heterocycles. The van der Waals surface area contributed by atoms with Gasteiger partial charge in [0, 0.05) is 25.2 Å². The Hall–Kier alpha value is -0.800. The summed E-state index contributed by atoms with van der Waals surface area (Å²) in [7, 11) is 0. The molecule has 1 atom stereocenters. The van der Waals surface area contributed by atoms with Crippen LogP contribution in [-0.4, -0.2) is 30.7 Å². The highest BCUT2D eigenvalue weighted by atomic mass is 16.5. The Morgan fingerprint density at radius 1 is 1.62 bits per heavy atom. The number of morpholine rings is 1. The van der Waals surface area contributed by atoms with Crippen molar-refractivity contribution in [3.63, 3.8) is 0 Å². The van der Waals surface area contributed by atoms with Crippen LogP contribution in [0.2, 0.25) is 0 Å². The monoisotopic (exact) mass is 181 g/mol. The molecule has 72 valence electrons. The molecule has 13 heavy (non-hydrogen) atoms. The molecule has 1 saturated heterocycles. The minimum Gasteiger partial charge on any atom is -0.472 e. The van der Waals surface area contributed by atoms with Crippen molar-refractivity contribution in [2.45, 2.75) is 19.6 Å². The maximum Gasteiger partial charge on any atom is 0.0947 e. The van der Waals surface area contributed by atoms with Crippen molar-refractivity contribution >= 4 is 0 Å². The van der Waals surface area contributed by atoms with Gasteiger partial charge < -0.3 is 9.15 Å². The van der Waals surface area contributed by atoms with Gasteiger partial charge in [0.25, 0.3) is 0 Å². The first-order chi connectivity index (χ1) is 6.34. The molecule has 1 fully saturated rings. The third-order valence-electron chi connectivity index (χ3n) is 2.31. The van der Waals surface area contributed by atoms with E-state index in [2.05, 4.69) is 11.8 Å². The molecule has 0 amide bonds. The van der Waals surface area contributed by atoms with Crippen LogP contribution in [0.5, 0.6) is 0 Å². The largest absolute Gasteiger partial charge is 0.472 e. The highest BCUT2D eigenvalue weighted by Crippen LogP contribution is 2.10. The van der Waals surface area contributed by atoms with Gasteiger partial charge in [0.15, 0.2) is 0 Å². The Bertz CT molecular complexity index is 245. The zero-order valence-electron chi connectivity index (χ0n) is 7.90. The maximum absolute atomic E-state index is 5.46. The van der Waals surface area contributed by atoms with E-state index in [1.165, 1.54) is 5.56 Å². The number of furan rings is 1. The van der Waals surface area contributed by atoms with Crippen molar-refractivity contribution in [1.82, 2.24) is 4.90 Å². The topological polar surface area (TPSA) is 25.6 Å². The molecule has 3 heteroatoms. The fourth-order valence-corrected chi connectivity index (χ4v) is 1.68. The third kappa shape index (κ3) is 2.32. The second-order valence-electron chi connectivity index (χ2n) is 3.55. The average molecular weight is 181 g/mol. The van der Waals surface area contributed by atoms with Crippen LogP contribution in [0.3, 0.4) is 0 Å². The number of ether oxygens (including phenoxy) is 1. The zero-order valence-corrected chi connectivity index (χ0v) is 7.90. The van der Waals surface area contributed by atoms with E-state index < -0.39 is 0 Å². The molecule has 2 rings (SSSR count). The lowest BCUT2D eigenvalue weighted by Crippen LogP contribution is -2.40. The van der Waals surface area contributed by atoms with Gasteiger partial charge in [-0.1, -0.05) is 0 Å². The molecular weight excluding hydrogens is 166 g/mol. The molecule has 1 unspecified atom stereocenters. The van der Waals surface area contributed by atoms with E-state index >= 15 is 0 Å². The molecule has 0 N–H and O–H groups in total. The minimum atomic E-state index is 0.362. The van der Waals surface area contributed by atoms with Gasteiger partial charge in [-0.25, -0.2) is 0 Å². The first kappa shape index (κ1) is 8.78. The molecule has 1 aromatic heterocycles.